The van der Waals surface area contributed by atoms with Crippen molar-refractivity contribution in [2.75, 3.05) is 54.4 Å². The number of carbonyl (C=O) groups excluding carboxylic acids is 1. The third-order valence-electron chi connectivity index (χ3n) is 6.08. The van der Waals surface area contributed by atoms with E-state index < -0.39 is 0 Å². The van der Waals surface area contributed by atoms with Crippen molar-refractivity contribution in [1.82, 2.24) is 4.90 Å². The molecule has 2 heterocycles. The van der Waals surface area contributed by atoms with Gasteiger partial charge >= 0.3 is 6.03 Å². The van der Waals surface area contributed by atoms with Crippen molar-refractivity contribution in [3.05, 3.63) is 58.6 Å². The van der Waals surface area contributed by atoms with E-state index in [0.717, 1.165) is 24.5 Å². The molecule has 8 nitrogen and oxygen atoms in total. The van der Waals surface area contributed by atoms with Gasteiger partial charge in [-0.2, -0.15) is 0 Å². The monoisotopic (exact) mass is 423 g/mol. The van der Waals surface area contributed by atoms with E-state index >= 15 is 0 Å². The van der Waals surface area contributed by atoms with Crippen molar-refractivity contribution in [3.8, 4) is 0 Å². The number of benzene rings is 2. The SMILES string of the molecule is O=C(Nc1ccccc1N1CCCCCC1)N1CCN(c2ccccc2[N+](=O)[O-])CC1. The minimum atomic E-state index is -0.353. The van der Waals surface area contributed by atoms with Crippen LogP contribution in [-0.4, -0.2) is 55.1 Å². The molecule has 0 spiro atoms. The van der Waals surface area contributed by atoms with Crippen molar-refractivity contribution in [2.24, 2.45) is 0 Å². The molecule has 2 aliphatic heterocycles. The lowest BCUT2D eigenvalue weighted by Gasteiger charge is -2.36. The Labute approximate surface area is 182 Å². The second kappa shape index (κ2) is 9.68. The quantitative estimate of drug-likeness (QED) is 0.585. The summed E-state index contributed by atoms with van der Waals surface area (Å²) >= 11 is 0. The van der Waals surface area contributed by atoms with Gasteiger partial charge in [-0.15, -0.1) is 0 Å². The predicted octanol–water partition coefficient (Wildman–Crippen LogP) is 4.33. The number of amides is 2. The first-order chi connectivity index (χ1) is 15.1. The normalized spacial score (nSPS) is 17.2. The van der Waals surface area contributed by atoms with Crippen LogP contribution in [0.15, 0.2) is 48.5 Å². The summed E-state index contributed by atoms with van der Waals surface area (Å²) < 4.78 is 0. The van der Waals surface area contributed by atoms with Gasteiger partial charge in [0.25, 0.3) is 5.69 Å². The van der Waals surface area contributed by atoms with Crippen molar-refractivity contribution in [1.29, 1.82) is 0 Å². The Hall–Kier alpha value is -3.29. The second-order valence-corrected chi connectivity index (χ2v) is 8.07. The highest BCUT2D eigenvalue weighted by Gasteiger charge is 2.26. The van der Waals surface area contributed by atoms with Gasteiger partial charge in [0.05, 0.1) is 16.3 Å². The maximum Gasteiger partial charge on any atom is 0.322 e. The fourth-order valence-electron chi connectivity index (χ4n) is 4.40. The standard InChI is InChI=1S/C23H29N5O3/c29-23(24-19-9-3-4-10-20(19)25-13-7-1-2-8-14-25)27-17-15-26(16-18-27)21-11-5-6-12-22(21)28(30)31/h3-6,9-12H,1-2,7-8,13-18H2,(H,24,29). The van der Waals surface area contributed by atoms with Gasteiger partial charge in [0.1, 0.15) is 5.69 Å². The number of anilines is 3. The Balaban J connectivity index is 1.40. The number of hydrogen-bond donors (Lipinski definition) is 1. The molecule has 2 saturated heterocycles. The zero-order valence-electron chi connectivity index (χ0n) is 17.7. The summed E-state index contributed by atoms with van der Waals surface area (Å²) in [4.78, 5) is 30.1. The van der Waals surface area contributed by atoms with Crippen LogP contribution in [0.2, 0.25) is 0 Å². The van der Waals surface area contributed by atoms with E-state index in [1.165, 1.54) is 31.7 Å². The third kappa shape index (κ3) is 4.90. The van der Waals surface area contributed by atoms with Crippen LogP contribution >= 0.6 is 0 Å². The molecule has 164 valence electrons. The zero-order valence-corrected chi connectivity index (χ0v) is 17.7. The van der Waals surface area contributed by atoms with Crippen LogP contribution in [0, 0.1) is 10.1 Å². The first-order valence-corrected chi connectivity index (χ1v) is 11.0. The zero-order chi connectivity index (χ0) is 21.6. The number of hydrogen-bond acceptors (Lipinski definition) is 5. The average Bonchev–Trinajstić information content (AvgIpc) is 3.09. The van der Waals surface area contributed by atoms with E-state index in [-0.39, 0.29) is 16.6 Å². The molecule has 0 atom stereocenters. The molecule has 2 aliphatic rings. The van der Waals surface area contributed by atoms with E-state index in [1.807, 2.05) is 23.1 Å². The number of nitro groups is 1. The molecule has 2 aromatic carbocycles. The van der Waals surface area contributed by atoms with E-state index in [0.29, 0.717) is 31.9 Å². The molecule has 4 rings (SSSR count). The van der Waals surface area contributed by atoms with Gasteiger partial charge in [-0.05, 0) is 31.0 Å². The minimum Gasteiger partial charge on any atom is -0.370 e. The molecule has 1 N–H and O–H groups in total. The van der Waals surface area contributed by atoms with Crippen LogP contribution < -0.4 is 15.1 Å². The molecule has 0 unspecified atom stereocenters. The van der Waals surface area contributed by atoms with E-state index in [4.69, 9.17) is 0 Å². The summed E-state index contributed by atoms with van der Waals surface area (Å²) in [7, 11) is 0. The number of nitrogens with zero attached hydrogens (tertiary/aromatic N) is 4. The van der Waals surface area contributed by atoms with Gasteiger partial charge in [0.2, 0.25) is 0 Å². The molecule has 0 bridgehead atoms. The molecule has 2 fully saturated rings. The third-order valence-corrected chi connectivity index (χ3v) is 6.08. The predicted molar refractivity (Wildman–Crippen MR) is 123 cm³/mol. The molecule has 2 amide bonds. The molecular formula is C23H29N5O3. The van der Waals surface area contributed by atoms with Gasteiger partial charge in [-0.3, -0.25) is 10.1 Å². The maximum atomic E-state index is 13.0. The molecule has 8 heteroatoms. The van der Waals surface area contributed by atoms with Crippen LogP contribution in [0.4, 0.5) is 27.5 Å². The van der Waals surface area contributed by atoms with Crippen molar-refractivity contribution in [2.45, 2.75) is 25.7 Å². The summed E-state index contributed by atoms with van der Waals surface area (Å²) in [5, 5.41) is 14.4. The van der Waals surface area contributed by atoms with Gasteiger partial charge in [-0.25, -0.2) is 4.79 Å². The molecule has 0 aromatic heterocycles. The largest absolute Gasteiger partial charge is 0.370 e. The highest BCUT2D eigenvalue weighted by Crippen LogP contribution is 2.30. The Morgan fingerprint density at radius 2 is 1.35 bits per heavy atom. The van der Waals surface area contributed by atoms with Crippen molar-refractivity contribution in [3.63, 3.8) is 0 Å². The van der Waals surface area contributed by atoms with Gasteiger partial charge in [0.15, 0.2) is 0 Å². The minimum absolute atomic E-state index is 0.103. The molecule has 0 saturated carbocycles. The number of carbonyl (C=O) groups is 1. The molecule has 0 aliphatic carbocycles. The fourth-order valence-corrected chi connectivity index (χ4v) is 4.40. The number of piperazine rings is 1. The van der Waals surface area contributed by atoms with E-state index in [9.17, 15) is 14.9 Å². The van der Waals surface area contributed by atoms with E-state index in [1.54, 1.807) is 23.1 Å². The van der Waals surface area contributed by atoms with Crippen molar-refractivity contribution >= 4 is 28.8 Å². The van der Waals surface area contributed by atoms with Crippen LogP contribution in [-0.2, 0) is 0 Å². The Kier molecular flexibility index (Phi) is 6.54. The van der Waals surface area contributed by atoms with Gasteiger partial charge < -0.3 is 20.0 Å². The summed E-state index contributed by atoms with van der Waals surface area (Å²) in [5.74, 6) is 0. The topological polar surface area (TPSA) is 82.0 Å². The summed E-state index contributed by atoms with van der Waals surface area (Å²) in [6.07, 6.45) is 4.87. The molecule has 2 aromatic rings. The molecule has 0 radical (unpaired) electrons. The Morgan fingerprint density at radius 1 is 0.774 bits per heavy atom. The van der Waals surface area contributed by atoms with Crippen LogP contribution in [0.25, 0.3) is 0 Å². The number of urea groups is 1. The Bertz CT molecular complexity index is 919. The number of nitro benzene ring substituents is 1. The van der Waals surface area contributed by atoms with E-state index in [2.05, 4.69) is 16.3 Å². The lowest BCUT2D eigenvalue weighted by molar-refractivity contribution is -0.384. The maximum absolute atomic E-state index is 13.0. The van der Waals surface area contributed by atoms with Crippen LogP contribution in [0.1, 0.15) is 25.7 Å². The van der Waals surface area contributed by atoms with Gasteiger partial charge in [0, 0.05) is 45.3 Å². The number of para-hydroxylation sites is 4. The Morgan fingerprint density at radius 3 is 2.03 bits per heavy atom. The number of nitrogens with one attached hydrogen (secondary N) is 1. The first kappa shape index (κ1) is 21.0. The van der Waals surface area contributed by atoms with Gasteiger partial charge in [-0.1, -0.05) is 37.1 Å². The van der Waals surface area contributed by atoms with Crippen LogP contribution in [0.3, 0.4) is 0 Å². The summed E-state index contributed by atoms with van der Waals surface area (Å²) in [6, 6.07) is 14.7. The second-order valence-electron chi connectivity index (χ2n) is 8.07. The summed E-state index contributed by atoms with van der Waals surface area (Å²) in [5.41, 5.74) is 2.64. The average molecular weight is 424 g/mol. The van der Waals surface area contributed by atoms with Crippen LogP contribution in [0.5, 0.6) is 0 Å². The lowest BCUT2D eigenvalue weighted by Crippen LogP contribution is -2.50. The number of rotatable bonds is 4. The van der Waals surface area contributed by atoms with Crippen molar-refractivity contribution < 1.29 is 9.72 Å². The highest BCUT2D eigenvalue weighted by molar-refractivity contribution is 5.93. The fraction of sp³-hybridized carbons (Fsp3) is 0.435. The smallest absolute Gasteiger partial charge is 0.322 e. The first-order valence-electron chi connectivity index (χ1n) is 11.0. The highest BCUT2D eigenvalue weighted by atomic mass is 16.6. The molecule has 31 heavy (non-hydrogen) atoms. The lowest BCUT2D eigenvalue weighted by atomic mass is 10.2. The summed E-state index contributed by atoms with van der Waals surface area (Å²) in [6.45, 7) is 4.19. The molecular weight excluding hydrogens is 394 g/mol.